The van der Waals surface area contributed by atoms with Crippen LogP contribution >= 0.6 is 0 Å². The van der Waals surface area contributed by atoms with E-state index in [9.17, 15) is 5.11 Å². The lowest BCUT2D eigenvalue weighted by molar-refractivity contribution is 0.476. The Morgan fingerprint density at radius 3 is 2.26 bits per heavy atom. The Labute approximate surface area is 275 Å². The van der Waals surface area contributed by atoms with Crippen molar-refractivity contribution in [1.82, 2.24) is 9.97 Å². The van der Waals surface area contributed by atoms with E-state index in [0.29, 0.717) is 0 Å². The Bertz CT molecular complexity index is 2270. The van der Waals surface area contributed by atoms with Gasteiger partial charge in [-0.2, -0.15) is 0 Å². The van der Waals surface area contributed by atoms with Gasteiger partial charge in [0.2, 0.25) is 0 Å². The van der Waals surface area contributed by atoms with Gasteiger partial charge in [-0.05, 0) is 65.0 Å². The van der Waals surface area contributed by atoms with Crippen molar-refractivity contribution in [3.8, 4) is 28.3 Å². The van der Waals surface area contributed by atoms with Crippen LogP contribution in [0.25, 0.3) is 33.3 Å². The first-order valence-corrected chi connectivity index (χ1v) is 15.9. The largest absolute Gasteiger partial charge is 0.507 e. The van der Waals surface area contributed by atoms with Crippen molar-refractivity contribution in [2.45, 2.75) is 19.3 Å². The number of hydrogen-bond acceptors (Lipinski definition) is 5. The molecule has 0 saturated heterocycles. The van der Waals surface area contributed by atoms with E-state index in [4.69, 9.17) is 9.97 Å². The fraction of sp³-hybridized carbons (Fsp3) is 0.0952. The predicted molar refractivity (Wildman–Crippen MR) is 193 cm³/mol. The summed E-state index contributed by atoms with van der Waals surface area (Å²) in [6.07, 6.45) is 1.87. The van der Waals surface area contributed by atoms with Gasteiger partial charge < -0.3 is 10.0 Å². The third-order valence-corrected chi connectivity index (χ3v) is 9.41. The number of phenols is 1. The standard InChI is InChI=1S/C42H34N4O/c1-42(2)34-19-11-21-38(47)40(34)41-35(42)22-23-36(44-41)29-14-9-17-32(26-29)46(30-15-5-4-6-16-30)39-27-31(24-25-43-39)45(3)37-20-10-13-28-12-7-8-18-33(28)37/h4-27,47H,1-3H3. The molecule has 5 nitrogen and oxygen atoms in total. The molecule has 47 heavy (non-hydrogen) atoms. The van der Waals surface area contributed by atoms with Gasteiger partial charge in [-0.25, -0.2) is 9.97 Å². The minimum atomic E-state index is -0.239. The molecule has 7 aromatic rings. The van der Waals surface area contributed by atoms with Crippen LogP contribution in [0.3, 0.4) is 0 Å². The van der Waals surface area contributed by atoms with Crippen molar-refractivity contribution in [3.05, 3.63) is 157 Å². The van der Waals surface area contributed by atoms with Crippen LogP contribution in [-0.4, -0.2) is 22.1 Å². The number of para-hydroxylation sites is 1. The summed E-state index contributed by atoms with van der Waals surface area (Å²) >= 11 is 0. The Kier molecular flexibility index (Phi) is 6.76. The number of rotatable bonds is 6. The molecule has 5 aromatic carbocycles. The lowest BCUT2D eigenvalue weighted by atomic mass is 9.83. The molecule has 0 amide bonds. The minimum absolute atomic E-state index is 0.239. The highest BCUT2D eigenvalue weighted by Gasteiger charge is 2.38. The molecule has 1 aliphatic carbocycles. The fourth-order valence-corrected chi connectivity index (χ4v) is 6.94. The summed E-state index contributed by atoms with van der Waals surface area (Å²) in [6, 6.07) is 47.8. The summed E-state index contributed by atoms with van der Waals surface area (Å²) in [4.78, 5) is 14.4. The highest BCUT2D eigenvalue weighted by molar-refractivity contribution is 5.96. The monoisotopic (exact) mass is 610 g/mol. The normalized spacial score (nSPS) is 12.8. The van der Waals surface area contributed by atoms with Crippen LogP contribution in [0.15, 0.2) is 146 Å². The molecule has 228 valence electrons. The number of phenolic OH excluding ortho intramolecular Hbond substituents is 1. The molecule has 0 aliphatic heterocycles. The van der Waals surface area contributed by atoms with E-state index in [1.165, 1.54) is 10.8 Å². The number of aromatic nitrogens is 2. The third kappa shape index (κ3) is 4.79. The molecule has 0 fully saturated rings. The second-order valence-corrected chi connectivity index (χ2v) is 12.6. The van der Waals surface area contributed by atoms with Crippen molar-refractivity contribution in [3.63, 3.8) is 0 Å². The maximum atomic E-state index is 10.9. The lowest BCUT2D eigenvalue weighted by Crippen LogP contribution is -2.15. The average Bonchev–Trinajstić information content (AvgIpc) is 3.35. The number of hydrogen-bond donors (Lipinski definition) is 1. The fourth-order valence-electron chi connectivity index (χ4n) is 6.94. The molecule has 5 heteroatoms. The topological polar surface area (TPSA) is 52.5 Å². The zero-order chi connectivity index (χ0) is 32.1. The SMILES string of the molecule is CN(c1ccnc(N(c2ccccc2)c2cccc(-c3ccc4c(n3)-c3c(O)cccc3C4(C)C)c2)c1)c1cccc2ccccc12. The number of benzene rings is 5. The Morgan fingerprint density at radius 2 is 1.38 bits per heavy atom. The van der Waals surface area contributed by atoms with Crippen molar-refractivity contribution >= 4 is 39.3 Å². The van der Waals surface area contributed by atoms with Crippen LogP contribution in [0, 0.1) is 0 Å². The van der Waals surface area contributed by atoms with Crippen molar-refractivity contribution in [2.75, 3.05) is 16.8 Å². The van der Waals surface area contributed by atoms with E-state index in [1.807, 2.05) is 36.5 Å². The first-order chi connectivity index (χ1) is 22.9. The van der Waals surface area contributed by atoms with E-state index in [1.54, 1.807) is 6.07 Å². The van der Waals surface area contributed by atoms with E-state index in [0.717, 1.165) is 62.2 Å². The van der Waals surface area contributed by atoms with Gasteiger partial charge in [-0.1, -0.05) is 98.8 Å². The summed E-state index contributed by atoms with van der Waals surface area (Å²) in [7, 11) is 2.10. The number of pyridine rings is 2. The summed E-state index contributed by atoms with van der Waals surface area (Å²) < 4.78 is 0. The van der Waals surface area contributed by atoms with Gasteiger partial charge in [0.25, 0.3) is 0 Å². The van der Waals surface area contributed by atoms with Gasteiger partial charge in [0.05, 0.1) is 11.4 Å². The number of aromatic hydroxyl groups is 1. The quantitative estimate of drug-likeness (QED) is 0.203. The van der Waals surface area contributed by atoms with Crippen LogP contribution in [0.2, 0.25) is 0 Å². The van der Waals surface area contributed by atoms with E-state index in [2.05, 4.69) is 134 Å². The summed E-state index contributed by atoms with van der Waals surface area (Å²) in [5, 5.41) is 13.3. The Hall–Kier alpha value is -5.94. The smallest absolute Gasteiger partial charge is 0.139 e. The van der Waals surface area contributed by atoms with Crippen LogP contribution in [0.1, 0.15) is 25.0 Å². The first-order valence-electron chi connectivity index (χ1n) is 15.9. The highest BCUT2D eigenvalue weighted by atomic mass is 16.3. The summed E-state index contributed by atoms with van der Waals surface area (Å²) in [6.45, 7) is 4.38. The van der Waals surface area contributed by atoms with Gasteiger partial charge in [-0.15, -0.1) is 0 Å². The van der Waals surface area contributed by atoms with Crippen molar-refractivity contribution in [1.29, 1.82) is 0 Å². The number of anilines is 5. The van der Waals surface area contributed by atoms with Crippen molar-refractivity contribution in [2.24, 2.45) is 0 Å². The minimum Gasteiger partial charge on any atom is -0.507 e. The molecule has 8 rings (SSSR count). The molecule has 1 N–H and O–H groups in total. The predicted octanol–water partition coefficient (Wildman–Crippen LogP) is 10.5. The van der Waals surface area contributed by atoms with Crippen LogP contribution in [-0.2, 0) is 5.41 Å². The second-order valence-electron chi connectivity index (χ2n) is 12.6. The maximum absolute atomic E-state index is 10.9. The average molecular weight is 611 g/mol. The Balaban J connectivity index is 1.22. The van der Waals surface area contributed by atoms with E-state index >= 15 is 0 Å². The van der Waals surface area contributed by atoms with E-state index in [-0.39, 0.29) is 11.2 Å². The maximum Gasteiger partial charge on any atom is 0.139 e. The number of fused-ring (bicyclic) bond motifs is 4. The molecule has 0 spiro atoms. The molecule has 0 saturated carbocycles. The van der Waals surface area contributed by atoms with Crippen molar-refractivity contribution < 1.29 is 5.11 Å². The van der Waals surface area contributed by atoms with E-state index < -0.39 is 0 Å². The zero-order valence-electron chi connectivity index (χ0n) is 26.6. The third-order valence-electron chi connectivity index (χ3n) is 9.41. The van der Waals surface area contributed by atoms with Gasteiger partial charge >= 0.3 is 0 Å². The molecule has 2 heterocycles. The lowest BCUT2D eigenvalue weighted by Gasteiger charge is -2.27. The van der Waals surface area contributed by atoms with Gasteiger partial charge in [0.1, 0.15) is 11.6 Å². The van der Waals surface area contributed by atoms with Gasteiger partial charge in [0, 0.05) is 64.0 Å². The second kappa shape index (κ2) is 11.1. The first kappa shape index (κ1) is 28.5. The summed E-state index contributed by atoms with van der Waals surface area (Å²) in [5.74, 6) is 1.07. The molecular formula is C42H34N4O. The molecule has 0 unspecified atom stereocenters. The van der Waals surface area contributed by atoms with Crippen LogP contribution in [0.5, 0.6) is 5.75 Å². The number of nitrogens with zero attached hydrogens (tertiary/aromatic N) is 4. The zero-order valence-corrected chi connectivity index (χ0v) is 26.6. The molecule has 1 aliphatic rings. The molecular weight excluding hydrogens is 576 g/mol. The van der Waals surface area contributed by atoms with Gasteiger partial charge in [0.15, 0.2) is 0 Å². The highest BCUT2D eigenvalue weighted by Crippen LogP contribution is 2.51. The molecule has 2 aromatic heterocycles. The van der Waals surface area contributed by atoms with Crippen LogP contribution < -0.4 is 9.80 Å². The molecule has 0 atom stereocenters. The molecule has 0 bridgehead atoms. The molecule has 0 radical (unpaired) electrons. The Morgan fingerprint density at radius 1 is 0.638 bits per heavy atom. The van der Waals surface area contributed by atoms with Gasteiger partial charge in [-0.3, -0.25) is 4.90 Å². The van der Waals surface area contributed by atoms with Crippen LogP contribution in [0.4, 0.5) is 28.6 Å². The summed E-state index contributed by atoms with van der Waals surface area (Å²) in [5.41, 5.74) is 9.62.